The minimum Gasteiger partial charge on any atom is -0.444 e. The van der Waals surface area contributed by atoms with Crippen LogP contribution >= 0.6 is 0 Å². The van der Waals surface area contributed by atoms with Crippen molar-refractivity contribution in [3.05, 3.63) is 29.6 Å². The molecule has 0 radical (unpaired) electrons. The predicted molar refractivity (Wildman–Crippen MR) is 91.2 cm³/mol. The van der Waals surface area contributed by atoms with E-state index in [1.165, 1.54) is 5.56 Å². The van der Waals surface area contributed by atoms with Crippen molar-refractivity contribution in [2.45, 2.75) is 77.6 Å². The van der Waals surface area contributed by atoms with Crippen LogP contribution in [0.15, 0.2) is 18.3 Å². The Bertz CT molecular complexity index is 525. The molecule has 1 aliphatic carbocycles. The highest BCUT2D eigenvalue weighted by molar-refractivity contribution is 5.68. The fraction of sp³-hybridized carbons (Fsp3) is 0.667. The fourth-order valence-corrected chi connectivity index (χ4v) is 2.94. The molecule has 2 rings (SSSR count). The number of nitrogens with zero attached hydrogens (tertiary/aromatic N) is 1. The fourth-order valence-electron chi connectivity index (χ4n) is 2.94. The summed E-state index contributed by atoms with van der Waals surface area (Å²) < 4.78 is 5.34. The van der Waals surface area contributed by atoms with E-state index >= 15 is 0 Å². The molecule has 23 heavy (non-hydrogen) atoms. The average Bonchev–Trinajstić information content (AvgIpc) is 2.45. The second-order valence-corrected chi connectivity index (χ2v) is 7.34. The third-order valence-electron chi connectivity index (χ3n) is 4.09. The van der Waals surface area contributed by atoms with E-state index < -0.39 is 5.60 Å². The summed E-state index contributed by atoms with van der Waals surface area (Å²) in [5.41, 5.74) is 1.85. The van der Waals surface area contributed by atoms with Crippen molar-refractivity contribution in [2.75, 3.05) is 0 Å². The summed E-state index contributed by atoms with van der Waals surface area (Å²) in [6, 6.07) is 4.68. The lowest BCUT2D eigenvalue weighted by Gasteiger charge is -2.31. The van der Waals surface area contributed by atoms with Gasteiger partial charge in [-0.15, -0.1) is 0 Å². The average molecular weight is 319 g/mol. The molecule has 1 amide bonds. The van der Waals surface area contributed by atoms with Crippen molar-refractivity contribution in [3.8, 4) is 0 Å². The number of aromatic nitrogens is 1. The largest absolute Gasteiger partial charge is 0.444 e. The molecular weight excluding hydrogens is 290 g/mol. The molecule has 1 aromatic rings. The summed E-state index contributed by atoms with van der Waals surface area (Å²) in [5.74, 6) is 0. The van der Waals surface area contributed by atoms with Gasteiger partial charge in [0, 0.05) is 30.5 Å². The van der Waals surface area contributed by atoms with Gasteiger partial charge in [-0.05, 0) is 65.0 Å². The third kappa shape index (κ3) is 6.18. The number of alkyl carbamates (subject to hydrolysis) is 1. The van der Waals surface area contributed by atoms with Gasteiger partial charge < -0.3 is 15.4 Å². The van der Waals surface area contributed by atoms with Gasteiger partial charge in [-0.2, -0.15) is 0 Å². The number of pyridine rings is 1. The number of rotatable bonds is 4. The van der Waals surface area contributed by atoms with Crippen LogP contribution in [-0.4, -0.2) is 28.8 Å². The molecule has 2 N–H and O–H groups in total. The van der Waals surface area contributed by atoms with Crippen LogP contribution in [0.3, 0.4) is 0 Å². The molecular formula is C18H29N3O2. The van der Waals surface area contributed by atoms with Crippen molar-refractivity contribution >= 4 is 6.09 Å². The Kier molecular flexibility index (Phi) is 5.99. The molecule has 1 heterocycles. The normalized spacial score (nSPS) is 21.7. The molecule has 1 saturated carbocycles. The van der Waals surface area contributed by atoms with Crippen LogP contribution in [-0.2, 0) is 11.3 Å². The number of carbonyl (C=O) groups is 1. The molecule has 0 unspecified atom stereocenters. The monoisotopic (exact) mass is 319 g/mol. The summed E-state index contributed by atoms with van der Waals surface area (Å²) >= 11 is 0. The van der Waals surface area contributed by atoms with E-state index in [1.54, 1.807) is 0 Å². The standard InChI is InChI=1S/C18H29N3O2/c1-13-14(7-6-10-19-13)12-20-15-8-5-9-16(11-15)21-17(22)23-18(2,3)4/h6-7,10,15-16,20H,5,8-9,11-12H2,1-4H3,(H,21,22)/t15-,16+/m0/s1. The maximum absolute atomic E-state index is 11.9. The van der Waals surface area contributed by atoms with E-state index in [0.717, 1.165) is 37.9 Å². The molecule has 0 spiro atoms. The van der Waals surface area contributed by atoms with E-state index in [0.29, 0.717) is 6.04 Å². The second-order valence-electron chi connectivity index (χ2n) is 7.34. The van der Waals surface area contributed by atoms with Crippen LogP contribution in [0.5, 0.6) is 0 Å². The molecule has 5 nitrogen and oxygen atoms in total. The van der Waals surface area contributed by atoms with Crippen LogP contribution in [0, 0.1) is 6.92 Å². The highest BCUT2D eigenvalue weighted by Crippen LogP contribution is 2.20. The first-order chi connectivity index (χ1) is 10.8. The maximum atomic E-state index is 11.9. The highest BCUT2D eigenvalue weighted by atomic mass is 16.6. The first kappa shape index (κ1) is 17.7. The van der Waals surface area contributed by atoms with Gasteiger partial charge in [0.15, 0.2) is 0 Å². The van der Waals surface area contributed by atoms with E-state index in [9.17, 15) is 4.79 Å². The topological polar surface area (TPSA) is 63.2 Å². The Labute approximate surface area is 139 Å². The van der Waals surface area contributed by atoms with Gasteiger partial charge in [0.1, 0.15) is 5.60 Å². The summed E-state index contributed by atoms with van der Waals surface area (Å²) in [7, 11) is 0. The summed E-state index contributed by atoms with van der Waals surface area (Å²) in [4.78, 5) is 16.2. The molecule has 0 saturated heterocycles. The summed E-state index contributed by atoms with van der Waals surface area (Å²) in [6.45, 7) is 8.50. The SMILES string of the molecule is Cc1ncccc1CN[C@H]1CCC[C@@H](NC(=O)OC(C)(C)C)C1. The number of carbonyl (C=O) groups excluding carboxylic acids is 1. The lowest BCUT2D eigenvalue weighted by atomic mass is 9.91. The summed E-state index contributed by atoms with van der Waals surface area (Å²) in [5, 5.41) is 6.60. The van der Waals surface area contributed by atoms with Crippen molar-refractivity contribution in [1.29, 1.82) is 0 Å². The zero-order chi connectivity index (χ0) is 16.9. The molecule has 0 aliphatic heterocycles. The Morgan fingerprint density at radius 1 is 1.35 bits per heavy atom. The first-order valence-electron chi connectivity index (χ1n) is 8.47. The first-order valence-corrected chi connectivity index (χ1v) is 8.47. The summed E-state index contributed by atoms with van der Waals surface area (Å²) in [6.07, 6.45) is 5.73. The second kappa shape index (κ2) is 7.77. The molecule has 2 atom stereocenters. The highest BCUT2D eigenvalue weighted by Gasteiger charge is 2.25. The Morgan fingerprint density at radius 2 is 2.09 bits per heavy atom. The molecule has 0 bridgehead atoms. The zero-order valence-corrected chi connectivity index (χ0v) is 14.7. The van der Waals surface area contributed by atoms with Crippen LogP contribution in [0.1, 0.15) is 57.7 Å². The van der Waals surface area contributed by atoms with E-state index in [4.69, 9.17) is 4.74 Å². The third-order valence-corrected chi connectivity index (χ3v) is 4.09. The molecule has 128 valence electrons. The van der Waals surface area contributed by atoms with Gasteiger partial charge >= 0.3 is 6.09 Å². The smallest absolute Gasteiger partial charge is 0.407 e. The van der Waals surface area contributed by atoms with Gasteiger partial charge in [0.05, 0.1) is 0 Å². The van der Waals surface area contributed by atoms with Gasteiger partial charge in [-0.1, -0.05) is 6.07 Å². The van der Waals surface area contributed by atoms with Crippen LogP contribution in [0.2, 0.25) is 0 Å². The molecule has 1 aromatic heterocycles. The molecule has 0 aromatic carbocycles. The molecule has 1 aliphatic rings. The van der Waals surface area contributed by atoms with Gasteiger partial charge in [-0.25, -0.2) is 4.79 Å². The van der Waals surface area contributed by atoms with Crippen molar-refractivity contribution in [3.63, 3.8) is 0 Å². The maximum Gasteiger partial charge on any atom is 0.407 e. The lowest BCUT2D eigenvalue weighted by molar-refractivity contribution is 0.0488. The number of hydrogen-bond acceptors (Lipinski definition) is 4. The Hall–Kier alpha value is -1.62. The van der Waals surface area contributed by atoms with Crippen LogP contribution < -0.4 is 10.6 Å². The number of aryl methyl sites for hydroxylation is 1. The van der Waals surface area contributed by atoms with E-state index in [-0.39, 0.29) is 12.1 Å². The molecule has 1 fully saturated rings. The number of ether oxygens (including phenoxy) is 1. The molecule has 5 heteroatoms. The predicted octanol–water partition coefficient (Wildman–Crippen LogP) is 3.32. The van der Waals surface area contributed by atoms with Crippen molar-refractivity contribution in [1.82, 2.24) is 15.6 Å². The van der Waals surface area contributed by atoms with Gasteiger partial charge in [-0.3, -0.25) is 4.98 Å². The zero-order valence-electron chi connectivity index (χ0n) is 14.7. The van der Waals surface area contributed by atoms with Crippen molar-refractivity contribution in [2.24, 2.45) is 0 Å². The van der Waals surface area contributed by atoms with E-state index in [2.05, 4.69) is 21.7 Å². The Morgan fingerprint density at radius 3 is 2.78 bits per heavy atom. The van der Waals surface area contributed by atoms with Gasteiger partial charge in [0.2, 0.25) is 0 Å². The quantitative estimate of drug-likeness (QED) is 0.893. The Balaban J connectivity index is 1.79. The van der Waals surface area contributed by atoms with Crippen molar-refractivity contribution < 1.29 is 9.53 Å². The minimum absolute atomic E-state index is 0.186. The number of nitrogens with one attached hydrogen (secondary N) is 2. The lowest BCUT2D eigenvalue weighted by Crippen LogP contribution is -2.45. The van der Waals surface area contributed by atoms with Crippen LogP contribution in [0.25, 0.3) is 0 Å². The van der Waals surface area contributed by atoms with Crippen LogP contribution in [0.4, 0.5) is 4.79 Å². The minimum atomic E-state index is -0.450. The number of hydrogen-bond donors (Lipinski definition) is 2. The number of amides is 1. The van der Waals surface area contributed by atoms with E-state index in [1.807, 2.05) is 40.0 Å². The van der Waals surface area contributed by atoms with Gasteiger partial charge in [0.25, 0.3) is 0 Å².